The van der Waals surface area contributed by atoms with E-state index in [9.17, 15) is 4.79 Å². The molecule has 0 bridgehead atoms. The lowest BCUT2D eigenvalue weighted by Crippen LogP contribution is -2.24. The van der Waals surface area contributed by atoms with Gasteiger partial charge in [-0.3, -0.25) is 9.48 Å². The number of rotatable bonds is 5. The molecule has 1 amide bonds. The van der Waals surface area contributed by atoms with Gasteiger partial charge in [0.2, 0.25) is 5.91 Å². The van der Waals surface area contributed by atoms with Crippen LogP contribution in [-0.2, 0) is 11.8 Å². The minimum Gasteiger partial charge on any atom is -0.493 e. The van der Waals surface area contributed by atoms with Crippen LogP contribution in [0, 0.1) is 6.92 Å². The van der Waals surface area contributed by atoms with Crippen LogP contribution in [0.25, 0.3) is 0 Å². The number of fused-ring (bicyclic) bond motifs is 1. The molecule has 1 atom stereocenters. The predicted octanol–water partition coefficient (Wildman–Crippen LogP) is 2.78. The Morgan fingerprint density at radius 2 is 2.25 bits per heavy atom. The summed E-state index contributed by atoms with van der Waals surface area (Å²) in [6.45, 7) is 6.02. The quantitative estimate of drug-likeness (QED) is 0.858. The molecule has 0 saturated carbocycles. The molecule has 1 aromatic carbocycles. The number of aryl methyl sites for hydroxylation is 2. The molecule has 126 valence electrons. The van der Waals surface area contributed by atoms with Crippen LogP contribution >= 0.6 is 0 Å². The zero-order valence-corrected chi connectivity index (χ0v) is 14.1. The van der Waals surface area contributed by atoms with Crippen LogP contribution in [-0.4, -0.2) is 29.4 Å². The number of aromatic nitrogens is 2. The number of carbonyl (C=O) groups excluding carboxylic acids is 1. The van der Waals surface area contributed by atoms with E-state index in [1.807, 2.05) is 32.2 Å². The average Bonchev–Trinajstić information content (AvgIpc) is 2.86. The molecular weight excluding hydrogens is 306 g/mol. The van der Waals surface area contributed by atoms with Gasteiger partial charge in [-0.15, -0.1) is 0 Å². The van der Waals surface area contributed by atoms with E-state index in [0.717, 1.165) is 22.6 Å². The van der Waals surface area contributed by atoms with Crippen molar-refractivity contribution in [3.05, 3.63) is 47.7 Å². The number of hydrogen-bond acceptors (Lipinski definition) is 4. The summed E-state index contributed by atoms with van der Waals surface area (Å²) in [5.41, 5.74) is 2.98. The molecule has 0 unspecified atom stereocenters. The van der Waals surface area contributed by atoms with Crippen LogP contribution in [0.1, 0.15) is 29.2 Å². The Labute approximate surface area is 141 Å². The van der Waals surface area contributed by atoms with E-state index in [2.05, 4.69) is 17.0 Å². The van der Waals surface area contributed by atoms with Crippen LogP contribution in [0.15, 0.2) is 30.9 Å². The Bertz CT molecular complexity index is 795. The molecular formula is C18H21N3O3. The van der Waals surface area contributed by atoms with E-state index >= 15 is 0 Å². The normalized spacial score (nSPS) is 16.3. The van der Waals surface area contributed by atoms with Crippen molar-refractivity contribution < 1.29 is 14.3 Å². The van der Waals surface area contributed by atoms with Crippen molar-refractivity contribution in [2.45, 2.75) is 19.3 Å². The van der Waals surface area contributed by atoms with E-state index in [-0.39, 0.29) is 11.8 Å². The highest BCUT2D eigenvalue weighted by atomic mass is 16.5. The fourth-order valence-corrected chi connectivity index (χ4v) is 3.16. The molecule has 3 rings (SSSR count). The van der Waals surface area contributed by atoms with E-state index in [1.54, 1.807) is 17.9 Å². The molecule has 0 aliphatic carbocycles. The molecule has 2 heterocycles. The second-order valence-corrected chi connectivity index (χ2v) is 5.79. The van der Waals surface area contributed by atoms with Crippen LogP contribution in [0.5, 0.6) is 11.5 Å². The van der Waals surface area contributed by atoms with Gasteiger partial charge >= 0.3 is 0 Å². The van der Waals surface area contributed by atoms with E-state index in [0.29, 0.717) is 24.5 Å². The molecule has 6 nitrogen and oxygen atoms in total. The summed E-state index contributed by atoms with van der Waals surface area (Å²) in [5.74, 6) is 2.00. The number of benzene rings is 1. The van der Waals surface area contributed by atoms with Crippen molar-refractivity contribution in [2.75, 3.05) is 19.0 Å². The number of amides is 1. The number of carbonyl (C=O) groups is 1. The van der Waals surface area contributed by atoms with Gasteiger partial charge in [0.15, 0.2) is 11.5 Å². The molecule has 1 aliphatic rings. The molecule has 2 aromatic rings. The first-order valence-electron chi connectivity index (χ1n) is 7.80. The SMILES string of the molecule is C=CCOc1ccc([C@H]2CC(=O)Nc3c2c(C)nn3C)cc1OC. The molecule has 1 aliphatic heterocycles. The molecule has 1 N–H and O–H groups in total. The lowest BCUT2D eigenvalue weighted by Gasteiger charge is -2.24. The lowest BCUT2D eigenvalue weighted by atomic mass is 9.85. The van der Waals surface area contributed by atoms with Crippen LogP contribution in [0.4, 0.5) is 5.82 Å². The maximum Gasteiger partial charge on any atom is 0.226 e. The summed E-state index contributed by atoms with van der Waals surface area (Å²) in [6, 6.07) is 5.77. The highest BCUT2D eigenvalue weighted by Crippen LogP contribution is 2.41. The smallest absolute Gasteiger partial charge is 0.226 e. The van der Waals surface area contributed by atoms with Crippen molar-refractivity contribution >= 4 is 11.7 Å². The third kappa shape index (κ3) is 2.75. The Morgan fingerprint density at radius 3 is 2.96 bits per heavy atom. The number of nitrogens with zero attached hydrogens (tertiary/aromatic N) is 2. The molecule has 1 aromatic heterocycles. The number of hydrogen-bond donors (Lipinski definition) is 1. The van der Waals surface area contributed by atoms with Gasteiger partial charge < -0.3 is 14.8 Å². The topological polar surface area (TPSA) is 65.4 Å². The fraction of sp³-hybridized carbons (Fsp3) is 0.333. The Morgan fingerprint density at radius 1 is 1.46 bits per heavy atom. The monoisotopic (exact) mass is 327 g/mol. The molecule has 0 saturated heterocycles. The summed E-state index contributed by atoms with van der Waals surface area (Å²) in [5, 5.41) is 7.35. The highest BCUT2D eigenvalue weighted by molar-refractivity contribution is 5.94. The van der Waals surface area contributed by atoms with Gasteiger partial charge in [-0.2, -0.15) is 5.10 Å². The summed E-state index contributed by atoms with van der Waals surface area (Å²) >= 11 is 0. The number of nitrogens with one attached hydrogen (secondary N) is 1. The molecule has 0 radical (unpaired) electrons. The fourth-order valence-electron chi connectivity index (χ4n) is 3.16. The molecule has 24 heavy (non-hydrogen) atoms. The number of anilines is 1. The van der Waals surface area contributed by atoms with Crippen molar-refractivity contribution in [1.29, 1.82) is 0 Å². The predicted molar refractivity (Wildman–Crippen MR) is 91.7 cm³/mol. The zero-order chi connectivity index (χ0) is 17.3. The van der Waals surface area contributed by atoms with Crippen molar-refractivity contribution in [1.82, 2.24) is 9.78 Å². The molecule has 0 spiro atoms. The first kappa shape index (κ1) is 16.1. The number of methoxy groups -OCH3 is 1. The maximum absolute atomic E-state index is 12.1. The van der Waals surface area contributed by atoms with Gasteiger partial charge in [-0.25, -0.2) is 0 Å². The lowest BCUT2D eigenvalue weighted by molar-refractivity contribution is -0.116. The average molecular weight is 327 g/mol. The Balaban J connectivity index is 2.03. The first-order valence-corrected chi connectivity index (χ1v) is 7.80. The summed E-state index contributed by atoms with van der Waals surface area (Å²) in [7, 11) is 3.44. The summed E-state index contributed by atoms with van der Waals surface area (Å²) in [4.78, 5) is 12.1. The number of ether oxygens (including phenoxy) is 2. The van der Waals surface area contributed by atoms with Gasteiger partial charge in [0.05, 0.1) is 12.8 Å². The van der Waals surface area contributed by atoms with E-state index in [1.165, 1.54) is 0 Å². The van der Waals surface area contributed by atoms with Gasteiger partial charge in [-0.05, 0) is 24.6 Å². The minimum atomic E-state index is -0.0511. The molecule has 0 fully saturated rings. The van der Waals surface area contributed by atoms with Crippen LogP contribution < -0.4 is 14.8 Å². The first-order chi connectivity index (χ1) is 11.5. The largest absolute Gasteiger partial charge is 0.493 e. The van der Waals surface area contributed by atoms with E-state index < -0.39 is 0 Å². The third-order valence-corrected chi connectivity index (χ3v) is 4.21. The maximum atomic E-state index is 12.1. The standard InChI is InChI=1S/C18H21N3O3/c1-5-8-24-14-7-6-12(9-15(14)23-4)13-10-16(22)19-18-17(13)11(2)20-21(18)3/h5-7,9,13H,1,8,10H2,2-4H3,(H,19,22)/t13-/m1/s1. The van der Waals surface area contributed by atoms with Crippen molar-refractivity contribution in [3.63, 3.8) is 0 Å². The second-order valence-electron chi connectivity index (χ2n) is 5.79. The van der Waals surface area contributed by atoms with Crippen LogP contribution in [0.3, 0.4) is 0 Å². The zero-order valence-electron chi connectivity index (χ0n) is 14.1. The van der Waals surface area contributed by atoms with Crippen molar-refractivity contribution in [2.24, 2.45) is 7.05 Å². The van der Waals surface area contributed by atoms with Gasteiger partial charge in [-0.1, -0.05) is 18.7 Å². The Kier molecular flexibility index (Phi) is 4.29. The van der Waals surface area contributed by atoms with Gasteiger partial charge in [0.1, 0.15) is 12.4 Å². The summed E-state index contributed by atoms with van der Waals surface area (Å²) < 4.78 is 12.8. The Hall–Kier alpha value is -2.76. The summed E-state index contributed by atoms with van der Waals surface area (Å²) in [6.07, 6.45) is 2.07. The minimum absolute atomic E-state index is 0.0125. The molecule has 6 heteroatoms. The van der Waals surface area contributed by atoms with Crippen LogP contribution in [0.2, 0.25) is 0 Å². The van der Waals surface area contributed by atoms with Gasteiger partial charge in [0.25, 0.3) is 0 Å². The van der Waals surface area contributed by atoms with E-state index in [4.69, 9.17) is 9.47 Å². The third-order valence-electron chi connectivity index (χ3n) is 4.21. The van der Waals surface area contributed by atoms with Gasteiger partial charge in [0, 0.05) is 24.9 Å². The van der Waals surface area contributed by atoms with Crippen molar-refractivity contribution in [3.8, 4) is 11.5 Å². The second kappa shape index (κ2) is 6.39. The highest BCUT2D eigenvalue weighted by Gasteiger charge is 2.31.